The highest BCUT2D eigenvalue weighted by molar-refractivity contribution is 5.46. The molecule has 0 unspecified atom stereocenters. The van der Waals surface area contributed by atoms with Crippen LogP contribution in [0.4, 0.5) is 10.1 Å². The molecule has 3 heteroatoms. The minimum Gasteiger partial charge on any atom is -0.398 e. The number of halogens is 1. The van der Waals surface area contributed by atoms with E-state index >= 15 is 0 Å². The number of ether oxygens (including phenoxy) is 1. The highest BCUT2D eigenvalue weighted by atomic mass is 19.1. The van der Waals surface area contributed by atoms with E-state index in [1.165, 1.54) is 12.1 Å². The second-order valence-corrected chi connectivity index (χ2v) is 3.82. The molecule has 0 radical (unpaired) electrons. The van der Waals surface area contributed by atoms with E-state index in [1.54, 1.807) is 6.07 Å². The van der Waals surface area contributed by atoms with E-state index in [-0.39, 0.29) is 5.82 Å². The van der Waals surface area contributed by atoms with Crippen LogP contribution in [0.15, 0.2) is 48.5 Å². The third kappa shape index (κ3) is 3.29. The zero-order chi connectivity index (χ0) is 12.1. The van der Waals surface area contributed by atoms with Crippen LogP contribution in [0.1, 0.15) is 11.1 Å². The predicted molar refractivity (Wildman–Crippen MR) is 65.7 cm³/mol. The average Bonchev–Trinajstić information content (AvgIpc) is 2.35. The third-order valence-corrected chi connectivity index (χ3v) is 2.47. The standard InChI is InChI=1S/C14H14FNO/c15-13-6-7-14(16)12(8-13)10-17-9-11-4-2-1-3-5-11/h1-8H,9-10,16H2. The molecule has 2 aromatic rings. The predicted octanol–water partition coefficient (Wildman–Crippen LogP) is 3.12. The summed E-state index contributed by atoms with van der Waals surface area (Å²) in [6.45, 7) is 0.815. The molecule has 0 fully saturated rings. The number of hydrogen-bond donors (Lipinski definition) is 1. The van der Waals surface area contributed by atoms with Gasteiger partial charge in [-0.3, -0.25) is 0 Å². The Morgan fingerprint density at radius 2 is 1.76 bits per heavy atom. The topological polar surface area (TPSA) is 35.2 Å². The van der Waals surface area contributed by atoms with Gasteiger partial charge in [-0.05, 0) is 23.8 Å². The third-order valence-electron chi connectivity index (χ3n) is 2.47. The van der Waals surface area contributed by atoms with Crippen molar-refractivity contribution in [2.75, 3.05) is 5.73 Å². The molecule has 0 amide bonds. The van der Waals surface area contributed by atoms with E-state index in [4.69, 9.17) is 10.5 Å². The number of nitrogens with two attached hydrogens (primary N) is 1. The molecule has 2 N–H and O–H groups in total. The summed E-state index contributed by atoms with van der Waals surface area (Å²) < 4.78 is 18.5. The monoisotopic (exact) mass is 231 g/mol. The maximum absolute atomic E-state index is 13.0. The second-order valence-electron chi connectivity index (χ2n) is 3.82. The van der Waals surface area contributed by atoms with Crippen molar-refractivity contribution in [1.82, 2.24) is 0 Å². The fraction of sp³-hybridized carbons (Fsp3) is 0.143. The van der Waals surface area contributed by atoms with Gasteiger partial charge in [0, 0.05) is 11.3 Å². The van der Waals surface area contributed by atoms with Gasteiger partial charge in [-0.1, -0.05) is 30.3 Å². The summed E-state index contributed by atoms with van der Waals surface area (Å²) in [5.41, 5.74) is 8.04. The molecule has 0 aliphatic rings. The Morgan fingerprint density at radius 1 is 1.00 bits per heavy atom. The van der Waals surface area contributed by atoms with Gasteiger partial charge in [0.15, 0.2) is 0 Å². The number of nitrogen functional groups attached to an aromatic ring is 1. The Morgan fingerprint density at radius 3 is 2.53 bits per heavy atom. The van der Waals surface area contributed by atoms with Gasteiger partial charge >= 0.3 is 0 Å². The summed E-state index contributed by atoms with van der Waals surface area (Å²) >= 11 is 0. The van der Waals surface area contributed by atoms with Crippen molar-refractivity contribution in [2.24, 2.45) is 0 Å². The smallest absolute Gasteiger partial charge is 0.123 e. The van der Waals surface area contributed by atoms with Crippen molar-refractivity contribution in [2.45, 2.75) is 13.2 Å². The first-order valence-electron chi connectivity index (χ1n) is 5.41. The molecule has 0 saturated heterocycles. The van der Waals surface area contributed by atoms with Crippen LogP contribution in [0.2, 0.25) is 0 Å². The normalized spacial score (nSPS) is 10.4. The first-order valence-corrected chi connectivity index (χ1v) is 5.41. The molecule has 0 heterocycles. The minimum absolute atomic E-state index is 0.294. The van der Waals surface area contributed by atoms with Crippen LogP contribution in [0.25, 0.3) is 0 Å². The van der Waals surface area contributed by atoms with Crippen molar-refractivity contribution in [3.8, 4) is 0 Å². The van der Waals surface area contributed by atoms with Crippen LogP contribution in [0.5, 0.6) is 0 Å². The summed E-state index contributed by atoms with van der Waals surface area (Å²) in [6.07, 6.45) is 0. The SMILES string of the molecule is Nc1ccc(F)cc1COCc1ccccc1. The van der Waals surface area contributed by atoms with Crippen molar-refractivity contribution in [1.29, 1.82) is 0 Å². The zero-order valence-corrected chi connectivity index (χ0v) is 9.40. The number of hydrogen-bond acceptors (Lipinski definition) is 2. The van der Waals surface area contributed by atoms with Crippen LogP contribution in [0.3, 0.4) is 0 Å². The molecule has 0 bridgehead atoms. The van der Waals surface area contributed by atoms with Gasteiger partial charge in [-0.25, -0.2) is 4.39 Å². The molecule has 0 atom stereocenters. The van der Waals surface area contributed by atoms with Crippen molar-refractivity contribution < 1.29 is 9.13 Å². The molecular formula is C14H14FNO. The zero-order valence-electron chi connectivity index (χ0n) is 9.40. The lowest BCUT2D eigenvalue weighted by Gasteiger charge is -2.07. The molecule has 0 aromatic heterocycles. The highest BCUT2D eigenvalue weighted by Gasteiger charge is 2.01. The van der Waals surface area contributed by atoms with E-state index in [0.29, 0.717) is 24.5 Å². The Balaban J connectivity index is 1.92. The van der Waals surface area contributed by atoms with Gasteiger partial charge in [0.2, 0.25) is 0 Å². The molecule has 0 saturated carbocycles. The number of anilines is 1. The van der Waals surface area contributed by atoms with Gasteiger partial charge in [0.05, 0.1) is 13.2 Å². The summed E-state index contributed by atoms with van der Waals surface area (Å²) in [5.74, 6) is -0.294. The van der Waals surface area contributed by atoms with Gasteiger partial charge in [0.1, 0.15) is 5.82 Å². The fourth-order valence-corrected chi connectivity index (χ4v) is 1.55. The van der Waals surface area contributed by atoms with E-state index < -0.39 is 0 Å². The molecule has 0 spiro atoms. The minimum atomic E-state index is -0.294. The lowest BCUT2D eigenvalue weighted by molar-refractivity contribution is 0.107. The van der Waals surface area contributed by atoms with Crippen LogP contribution in [-0.2, 0) is 18.0 Å². The van der Waals surface area contributed by atoms with Gasteiger partial charge < -0.3 is 10.5 Å². The average molecular weight is 231 g/mol. The van der Waals surface area contributed by atoms with E-state index in [9.17, 15) is 4.39 Å². The summed E-state index contributed by atoms with van der Waals surface area (Å²) in [7, 11) is 0. The Kier molecular flexibility index (Phi) is 3.73. The maximum atomic E-state index is 13.0. The maximum Gasteiger partial charge on any atom is 0.123 e. The fourth-order valence-electron chi connectivity index (χ4n) is 1.55. The van der Waals surface area contributed by atoms with Crippen molar-refractivity contribution in [3.05, 3.63) is 65.5 Å². The van der Waals surface area contributed by atoms with Gasteiger partial charge in [-0.2, -0.15) is 0 Å². The number of benzene rings is 2. The molecule has 2 nitrogen and oxygen atoms in total. The van der Waals surface area contributed by atoms with Crippen molar-refractivity contribution >= 4 is 5.69 Å². The van der Waals surface area contributed by atoms with Crippen LogP contribution >= 0.6 is 0 Å². The van der Waals surface area contributed by atoms with Crippen LogP contribution < -0.4 is 5.73 Å². The van der Waals surface area contributed by atoms with E-state index in [0.717, 1.165) is 5.56 Å². The molecule has 17 heavy (non-hydrogen) atoms. The first kappa shape index (κ1) is 11.6. The largest absolute Gasteiger partial charge is 0.398 e. The van der Waals surface area contributed by atoms with Crippen molar-refractivity contribution in [3.63, 3.8) is 0 Å². The summed E-state index contributed by atoms with van der Waals surface area (Å²) in [6, 6.07) is 14.1. The van der Waals surface area contributed by atoms with E-state index in [2.05, 4.69) is 0 Å². The Bertz CT molecular complexity index is 485. The summed E-state index contributed by atoms with van der Waals surface area (Å²) in [4.78, 5) is 0. The Labute approximate surface area is 99.8 Å². The first-order chi connectivity index (χ1) is 8.25. The summed E-state index contributed by atoms with van der Waals surface area (Å²) in [5, 5.41) is 0. The highest BCUT2D eigenvalue weighted by Crippen LogP contribution is 2.15. The molecule has 88 valence electrons. The second kappa shape index (κ2) is 5.46. The molecular weight excluding hydrogens is 217 g/mol. The quantitative estimate of drug-likeness (QED) is 0.820. The number of rotatable bonds is 4. The lowest BCUT2D eigenvalue weighted by atomic mass is 10.2. The molecule has 2 rings (SSSR count). The Hall–Kier alpha value is -1.87. The lowest BCUT2D eigenvalue weighted by Crippen LogP contribution is -1.99. The van der Waals surface area contributed by atoms with Crippen LogP contribution in [-0.4, -0.2) is 0 Å². The van der Waals surface area contributed by atoms with Gasteiger partial charge in [0.25, 0.3) is 0 Å². The van der Waals surface area contributed by atoms with E-state index in [1.807, 2.05) is 30.3 Å². The molecule has 0 aliphatic heterocycles. The molecule has 0 aliphatic carbocycles. The van der Waals surface area contributed by atoms with Gasteiger partial charge in [-0.15, -0.1) is 0 Å². The molecule has 2 aromatic carbocycles. The van der Waals surface area contributed by atoms with Crippen LogP contribution in [0, 0.1) is 5.82 Å².